The van der Waals surface area contributed by atoms with Gasteiger partial charge in [-0.1, -0.05) is 0 Å². The third-order valence-corrected chi connectivity index (χ3v) is 1.97. The minimum Gasteiger partial charge on any atom is -0.506 e. The van der Waals surface area contributed by atoms with E-state index in [9.17, 15) is 20.0 Å². The summed E-state index contributed by atoms with van der Waals surface area (Å²) >= 11 is 0. The van der Waals surface area contributed by atoms with Gasteiger partial charge in [-0.25, -0.2) is 0 Å². The smallest absolute Gasteiger partial charge is 0.273 e. The Bertz CT molecular complexity index is 445. The molecule has 1 unspecified atom stereocenters. The molecule has 1 aromatic rings. The number of nitrogens with zero attached hydrogens (tertiary/aromatic N) is 1. The number of nitrogens with two attached hydrogens (primary N) is 1. The highest BCUT2D eigenvalue weighted by molar-refractivity contribution is 5.92. The minimum atomic E-state index is -0.632. The molecule has 1 amide bonds. The average Bonchev–Trinajstić information content (AvgIpc) is 2.19. The van der Waals surface area contributed by atoms with Crippen LogP contribution in [0.1, 0.15) is 13.3 Å². The lowest BCUT2D eigenvalue weighted by Crippen LogP contribution is -2.24. The van der Waals surface area contributed by atoms with Crippen molar-refractivity contribution in [1.82, 2.24) is 0 Å². The van der Waals surface area contributed by atoms with Crippen molar-refractivity contribution in [2.45, 2.75) is 19.4 Å². The van der Waals surface area contributed by atoms with E-state index in [1.807, 2.05) is 0 Å². The molecule has 1 aromatic carbocycles. The zero-order valence-corrected chi connectivity index (χ0v) is 9.21. The zero-order chi connectivity index (χ0) is 13.0. The first-order valence-electron chi connectivity index (χ1n) is 4.93. The lowest BCUT2D eigenvalue weighted by atomic mass is 10.2. The summed E-state index contributed by atoms with van der Waals surface area (Å²) in [6, 6.07) is 3.14. The summed E-state index contributed by atoms with van der Waals surface area (Å²) in [7, 11) is 0. The Morgan fingerprint density at radius 2 is 2.29 bits per heavy atom. The average molecular weight is 239 g/mol. The van der Waals surface area contributed by atoms with E-state index in [0.717, 1.165) is 6.07 Å². The summed E-state index contributed by atoms with van der Waals surface area (Å²) in [6.45, 7) is 1.68. The van der Waals surface area contributed by atoms with Gasteiger partial charge in [0.25, 0.3) is 5.69 Å². The molecule has 17 heavy (non-hydrogen) atoms. The van der Waals surface area contributed by atoms with E-state index in [2.05, 4.69) is 5.32 Å². The van der Waals surface area contributed by atoms with E-state index in [1.54, 1.807) is 6.92 Å². The van der Waals surface area contributed by atoms with Gasteiger partial charge in [0.2, 0.25) is 5.91 Å². The molecule has 7 heteroatoms. The highest BCUT2D eigenvalue weighted by Gasteiger charge is 2.12. The number of amides is 1. The summed E-state index contributed by atoms with van der Waals surface area (Å²) < 4.78 is 0. The molecule has 1 rings (SSSR count). The van der Waals surface area contributed by atoms with Crippen molar-refractivity contribution in [2.75, 3.05) is 5.32 Å². The number of carbonyl (C=O) groups excluding carboxylic acids is 1. The van der Waals surface area contributed by atoms with Crippen LogP contribution < -0.4 is 11.1 Å². The summed E-state index contributed by atoms with van der Waals surface area (Å²) in [6.07, 6.45) is 0.108. The first-order chi connectivity index (χ1) is 7.90. The second kappa shape index (κ2) is 5.26. The normalized spacial score (nSPS) is 11.9. The number of rotatable bonds is 4. The van der Waals surface area contributed by atoms with Crippen LogP contribution in [0.25, 0.3) is 0 Å². The zero-order valence-electron chi connectivity index (χ0n) is 9.21. The summed E-state index contributed by atoms with van der Waals surface area (Å²) in [5.41, 5.74) is 5.32. The largest absolute Gasteiger partial charge is 0.506 e. The van der Waals surface area contributed by atoms with Crippen LogP contribution in [-0.2, 0) is 4.79 Å². The Morgan fingerprint density at radius 1 is 1.65 bits per heavy atom. The molecule has 0 aromatic heterocycles. The molecule has 0 heterocycles. The van der Waals surface area contributed by atoms with Crippen LogP contribution in [0.5, 0.6) is 5.75 Å². The number of benzene rings is 1. The molecule has 0 aliphatic carbocycles. The van der Waals surface area contributed by atoms with Crippen LogP contribution >= 0.6 is 0 Å². The predicted octanol–water partition coefficient (Wildman–Crippen LogP) is 0.976. The maximum absolute atomic E-state index is 11.4. The quantitative estimate of drug-likeness (QED) is 0.411. The third-order valence-electron chi connectivity index (χ3n) is 1.97. The van der Waals surface area contributed by atoms with Crippen LogP contribution in [-0.4, -0.2) is 22.0 Å². The van der Waals surface area contributed by atoms with Gasteiger partial charge in [-0.05, 0) is 13.0 Å². The van der Waals surface area contributed by atoms with Crippen LogP contribution in [0.2, 0.25) is 0 Å². The molecule has 0 aliphatic heterocycles. The van der Waals surface area contributed by atoms with Crippen molar-refractivity contribution in [1.29, 1.82) is 0 Å². The van der Waals surface area contributed by atoms with Crippen molar-refractivity contribution in [2.24, 2.45) is 5.73 Å². The van der Waals surface area contributed by atoms with Crippen LogP contribution in [0.4, 0.5) is 11.4 Å². The number of aromatic hydroxyl groups is 1. The molecule has 0 radical (unpaired) electrons. The Labute approximate surface area is 97.4 Å². The maximum atomic E-state index is 11.4. The number of carbonyl (C=O) groups is 1. The topological polar surface area (TPSA) is 118 Å². The molecule has 0 fully saturated rings. The number of hydrogen-bond acceptors (Lipinski definition) is 5. The molecule has 4 N–H and O–H groups in total. The fourth-order valence-electron chi connectivity index (χ4n) is 1.23. The first kappa shape index (κ1) is 12.9. The monoisotopic (exact) mass is 239 g/mol. The molecule has 0 bridgehead atoms. The highest BCUT2D eigenvalue weighted by Crippen LogP contribution is 2.27. The molecule has 1 atom stereocenters. The molecule has 0 saturated carbocycles. The SMILES string of the molecule is CC(N)CC(=O)Nc1ccc([N+](=O)[O-])cc1O. The standard InChI is InChI=1S/C10H13N3O4/c1-6(11)4-10(15)12-8-3-2-7(13(16)17)5-9(8)14/h2-3,5-6,14H,4,11H2,1H3,(H,12,15). The number of hydrogen-bond donors (Lipinski definition) is 3. The van der Waals surface area contributed by atoms with E-state index in [1.165, 1.54) is 12.1 Å². The van der Waals surface area contributed by atoms with Crippen LogP contribution in [0, 0.1) is 10.1 Å². The van der Waals surface area contributed by atoms with Crippen LogP contribution in [0.3, 0.4) is 0 Å². The van der Waals surface area contributed by atoms with E-state index in [-0.39, 0.29) is 35.5 Å². The fraction of sp³-hybridized carbons (Fsp3) is 0.300. The Balaban J connectivity index is 2.79. The molecule has 0 spiro atoms. The second-order valence-corrected chi connectivity index (χ2v) is 3.69. The summed E-state index contributed by atoms with van der Waals surface area (Å²) in [4.78, 5) is 21.1. The molecule has 7 nitrogen and oxygen atoms in total. The number of anilines is 1. The van der Waals surface area contributed by atoms with Gasteiger partial charge >= 0.3 is 0 Å². The number of nitrogens with one attached hydrogen (secondary N) is 1. The number of non-ortho nitro benzene ring substituents is 1. The van der Waals surface area contributed by atoms with Gasteiger partial charge in [0.05, 0.1) is 16.7 Å². The van der Waals surface area contributed by atoms with Gasteiger partial charge in [0.1, 0.15) is 5.75 Å². The molecule has 0 aliphatic rings. The highest BCUT2D eigenvalue weighted by atomic mass is 16.6. The summed E-state index contributed by atoms with van der Waals surface area (Å²) in [5.74, 6) is -0.707. The van der Waals surface area contributed by atoms with Gasteiger partial charge in [0.15, 0.2) is 0 Å². The number of nitro benzene ring substituents is 1. The second-order valence-electron chi connectivity index (χ2n) is 3.69. The minimum absolute atomic E-state index is 0.108. The number of nitro groups is 1. The third kappa shape index (κ3) is 3.72. The van der Waals surface area contributed by atoms with Crippen molar-refractivity contribution >= 4 is 17.3 Å². The fourth-order valence-corrected chi connectivity index (χ4v) is 1.23. The Kier molecular flexibility index (Phi) is 4.00. The van der Waals surface area contributed by atoms with Crippen LogP contribution in [0.15, 0.2) is 18.2 Å². The molecular formula is C10H13N3O4. The van der Waals surface area contributed by atoms with Gasteiger partial charge in [-0.2, -0.15) is 0 Å². The molecule has 92 valence electrons. The van der Waals surface area contributed by atoms with E-state index in [0.29, 0.717) is 0 Å². The van der Waals surface area contributed by atoms with Crippen molar-refractivity contribution in [3.05, 3.63) is 28.3 Å². The van der Waals surface area contributed by atoms with Gasteiger partial charge in [-0.3, -0.25) is 14.9 Å². The lowest BCUT2D eigenvalue weighted by molar-refractivity contribution is -0.384. The van der Waals surface area contributed by atoms with Gasteiger partial charge in [0, 0.05) is 18.5 Å². The first-order valence-corrected chi connectivity index (χ1v) is 4.93. The van der Waals surface area contributed by atoms with E-state index >= 15 is 0 Å². The Hall–Kier alpha value is -2.15. The van der Waals surface area contributed by atoms with Gasteiger partial charge in [-0.15, -0.1) is 0 Å². The van der Waals surface area contributed by atoms with Crippen molar-refractivity contribution < 1.29 is 14.8 Å². The number of phenolic OH excluding ortho intramolecular Hbond substituents is 1. The summed E-state index contributed by atoms with van der Waals surface area (Å²) in [5, 5.41) is 22.3. The maximum Gasteiger partial charge on any atom is 0.273 e. The van der Waals surface area contributed by atoms with Crippen molar-refractivity contribution in [3.8, 4) is 5.75 Å². The molecular weight excluding hydrogens is 226 g/mol. The predicted molar refractivity (Wildman–Crippen MR) is 61.7 cm³/mol. The Morgan fingerprint density at radius 3 is 2.76 bits per heavy atom. The van der Waals surface area contributed by atoms with E-state index in [4.69, 9.17) is 5.73 Å². The van der Waals surface area contributed by atoms with Crippen molar-refractivity contribution in [3.63, 3.8) is 0 Å². The van der Waals surface area contributed by atoms with Gasteiger partial charge < -0.3 is 16.2 Å². The molecule has 0 saturated heterocycles. The number of phenols is 1. The lowest BCUT2D eigenvalue weighted by Gasteiger charge is -2.08. The van der Waals surface area contributed by atoms with E-state index < -0.39 is 4.92 Å².